The summed E-state index contributed by atoms with van der Waals surface area (Å²) in [7, 11) is 0. The molecule has 1 saturated heterocycles. The second kappa shape index (κ2) is 6.06. The van der Waals surface area contributed by atoms with E-state index < -0.39 is 5.60 Å². The van der Waals surface area contributed by atoms with Crippen molar-refractivity contribution in [2.24, 2.45) is 0 Å². The summed E-state index contributed by atoms with van der Waals surface area (Å²) in [5.74, 6) is 1.58. The molecule has 2 aliphatic rings. The van der Waals surface area contributed by atoms with Crippen molar-refractivity contribution in [1.29, 1.82) is 0 Å². The van der Waals surface area contributed by atoms with Gasteiger partial charge in [-0.1, -0.05) is 11.2 Å². The molecule has 0 radical (unpaired) electrons. The third-order valence-corrected chi connectivity index (χ3v) is 4.98. The zero-order chi connectivity index (χ0) is 15.7. The topological polar surface area (TPSA) is 62.4 Å². The second-order valence-corrected chi connectivity index (χ2v) is 6.99. The maximum atomic E-state index is 10.8. The van der Waals surface area contributed by atoms with Crippen LogP contribution in [-0.4, -0.2) is 38.8 Å². The molecule has 5 heteroatoms. The van der Waals surface area contributed by atoms with E-state index in [1.165, 1.54) is 12.8 Å². The number of pyridine rings is 1. The van der Waals surface area contributed by atoms with E-state index in [1.807, 2.05) is 18.2 Å². The predicted molar refractivity (Wildman–Crippen MR) is 85.9 cm³/mol. The van der Waals surface area contributed by atoms with E-state index in [9.17, 15) is 5.11 Å². The normalized spacial score (nSPS) is 21.4. The predicted octanol–water partition coefficient (Wildman–Crippen LogP) is 2.52. The van der Waals surface area contributed by atoms with Crippen LogP contribution in [0.5, 0.6) is 0 Å². The minimum atomic E-state index is -0.633. The lowest BCUT2D eigenvalue weighted by Gasteiger charge is -2.37. The highest BCUT2D eigenvalue weighted by Gasteiger charge is 2.33. The fourth-order valence-electron chi connectivity index (χ4n) is 3.34. The van der Waals surface area contributed by atoms with Crippen molar-refractivity contribution in [1.82, 2.24) is 15.0 Å². The quantitative estimate of drug-likeness (QED) is 0.919. The summed E-state index contributed by atoms with van der Waals surface area (Å²) in [5.41, 5.74) is 1.45. The lowest BCUT2D eigenvalue weighted by atomic mass is 9.87. The first-order valence-electron chi connectivity index (χ1n) is 8.50. The molecule has 2 aromatic rings. The van der Waals surface area contributed by atoms with Crippen molar-refractivity contribution < 1.29 is 9.63 Å². The Morgan fingerprint density at radius 1 is 1.26 bits per heavy atom. The molecule has 0 atom stereocenters. The Morgan fingerprint density at radius 3 is 2.78 bits per heavy atom. The van der Waals surface area contributed by atoms with Crippen molar-refractivity contribution in [3.63, 3.8) is 0 Å². The van der Waals surface area contributed by atoms with Crippen molar-refractivity contribution in [3.05, 3.63) is 47.6 Å². The highest BCUT2D eigenvalue weighted by Crippen LogP contribution is 2.39. The van der Waals surface area contributed by atoms with Gasteiger partial charge in [-0.05, 0) is 37.8 Å². The minimum absolute atomic E-state index is 0.633. The van der Waals surface area contributed by atoms with E-state index in [1.54, 1.807) is 6.20 Å². The Bertz CT molecular complexity index is 643. The monoisotopic (exact) mass is 313 g/mol. The number of likely N-dealkylation sites (tertiary alicyclic amines) is 1. The third kappa shape index (κ3) is 3.62. The number of aliphatic hydroxyl groups is 1. The number of hydrogen-bond acceptors (Lipinski definition) is 5. The number of piperidine rings is 1. The van der Waals surface area contributed by atoms with Crippen LogP contribution in [0.3, 0.4) is 0 Å². The van der Waals surface area contributed by atoms with Crippen molar-refractivity contribution in [2.45, 2.75) is 50.2 Å². The second-order valence-electron chi connectivity index (χ2n) is 6.99. The molecule has 5 nitrogen and oxygen atoms in total. The lowest BCUT2D eigenvalue weighted by molar-refractivity contribution is -0.0246. The summed E-state index contributed by atoms with van der Waals surface area (Å²) in [6.45, 7) is 2.55. The molecule has 0 bridgehead atoms. The molecule has 2 fully saturated rings. The average molecular weight is 313 g/mol. The summed E-state index contributed by atoms with van der Waals surface area (Å²) in [4.78, 5) is 6.67. The molecule has 1 aliphatic heterocycles. The fourth-order valence-corrected chi connectivity index (χ4v) is 3.34. The van der Waals surface area contributed by atoms with E-state index >= 15 is 0 Å². The standard InChI is InChI=1S/C18H23N3O2/c22-18(12-15-3-1-2-8-19-15)6-9-21(10-7-18)13-16-11-17(20-23-16)14-4-5-14/h1-3,8,11,14,22H,4-7,9-10,12-13H2. The van der Waals surface area contributed by atoms with Gasteiger partial charge < -0.3 is 9.63 Å². The molecule has 4 rings (SSSR count). The third-order valence-electron chi connectivity index (χ3n) is 4.98. The van der Waals surface area contributed by atoms with Gasteiger partial charge in [-0.15, -0.1) is 0 Å². The van der Waals surface area contributed by atoms with Gasteiger partial charge in [0, 0.05) is 43.4 Å². The van der Waals surface area contributed by atoms with Crippen molar-refractivity contribution in [3.8, 4) is 0 Å². The van der Waals surface area contributed by atoms with Crippen LogP contribution in [0, 0.1) is 0 Å². The zero-order valence-electron chi connectivity index (χ0n) is 13.3. The van der Waals surface area contributed by atoms with Crippen LogP contribution >= 0.6 is 0 Å². The van der Waals surface area contributed by atoms with Gasteiger partial charge in [0.2, 0.25) is 0 Å². The Balaban J connectivity index is 1.31. The molecule has 1 N–H and O–H groups in total. The Morgan fingerprint density at radius 2 is 2.09 bits per heavy atom. The van der Waals surface area contributed by atoms with Gasteiger partial charge in [0.15, 0.2) is 5.76 Å². The van der Waals surface area contributed by atoms with Crippen LogP contribution < -0.4 is 0 Å². The van der Waals surface area contributed by atoms with E-state index in [0.717, 1.165) is 49.6 Å². The Kier molecular flexibility index (Phi) is 3.91. The van der Waals surface area contributed by atoms with Crippen LogP contribution in [0.15, 0.2) is 35.0 Å². The van der Waals surface area contributed by atoms with Gasteiger partial charge >= 0.3 is 0 Å². The van der Waals surface area contributed by atoms with E-state index in [-0.39, 0.29) is 0 Å². The first-order valence-corrected chi connectivity index (χ1v) is 8.50. The van der Waals surface area contributed by atoms with Crippen molar-refractivity contribution >= 4 is 0 Å². The lowest BCUT2D eigenvalue weighted by Crippen LogP contribution is -2.45. The maximum absolute atomic E-state index is 10.8. The van der Waals surface area contributed by atoms with Crippen LogP contribution in [0.2, 0.25) is 0 Å². The molecule has 0 unspecified atom stereocenters. The minimum Gasteiger partial charge on any atom is -0.389 e. The molecule has 1 saturated carbocycles. The molecule has 3 heterocycles. The fraction of sp³-hybridized carbons (Fsp3) is 0.556. The van der Waals surface area contributed by atoms with Crippen LogP contribution in [0.4, 0.5) is 0 Å². The molecule has 2 aromatic heterocycles. The molecular weight excluding hydrogens is 290 g/mol. The molecule has 0 aromatic carbocycles. The summed E-state index contributed by atoms with van der Waals surface area (Å²) in [6.07, 6.45) is 6.46. The highest BCUT2D eigenvalue weighted by molar-refractivity contribution is 5.15. The Labute approximate surface area is 136 Å². The van der Waals surface area contributed by atoms with Gasteiger partial charge in [-0.2, -0.15) is 0 Å². The maximum Gasteiger partial charge on any atom is 0.150 e. The zero-order valence-corrected chi connectivity index (χ0v) is 13.3. The smallest absolute Gasteiger partial charge is 0.150 e. The molecule has 23 heavy (non-hydrogen) atoms. The van der Waals surface area contributed by atoms with Gasteiger partial charge in [0.1, 0.15) is 0 Å². The average Bonchev–Trinajstić information content (AvgIpc) is 3.31. The largest absolute Gasteiger partial charge is 0.389 e. The molecule has 1 aliphatic carbocycles. The van der Waals surface area contributed by atoms with E-state index in [0.29, 0.717) is 12.3 Å². The van der Waals surface area contributed by atoms with E-state index in [2.05, 4.69) is 21.1 Å². The molecule has 122 valence electrons. The summed E-state index contributed by atoms with van der Waals surface area (Å²) in [6, 6.07) is 7.97. The summed E-state index contributed by atoms with van der Waals surface area (Å²) >= 11 is 0. The molecule has 0 amide bonds. The highest BCUT2D eigenvalue weighted by atomic mass is 16.5. The van der Waals surface area contributed by atoms with E-state index in [4.69, 9.17) is 4.52 Å². The summed E-state index contributed by atoms with van der Waals surface area (Å²) < 4.78 is 5.45. The number of rotatable bonds is 5. The number of nitrogens with zero attached hydrogens (tertiary/aromatic N) is 3. The van der Waals surface area contributed by atoms with Gasteiger partial charge in [-0.25, -0.2) is 0 Å². The van der Waals surface area contributed by atoms with Crippen LogP contribution in [0.1, 0.15) is 48.7 Å². The first kappa shape index (κ1) is 14.8. The van der Waals surface area contributed by atoms with Gasteiger partial charge in [0.05, 0.1) is 17.8 Å². The number of aromatic nitrogens is 2. The molecular formula is C18H23N3O2. The van der Waals surface area contributed by atoms with Crippen molar-refractivity contribution in [2.75, 3.05) is 13.1 Å². The SMILES string of the molecule is OC1(Cc2ccccn2)CCN(Cc2cc(C3CC3)no2)CC1. The molecule has 0 spiro atoms. The van der Waals surface area contributed by atoms with Crippen LogP contribution in [0.25, 0.3) is 0 Å². The Hall–Kier alpha value is -1.72. The first-order chi connectivity index (χ1) is 11.2. The summed E-state index contributed by atoms with van der Waals surface area (Å²) in [5, 5.41) is 15.0. The van der Waals surface area contributed by atoms with Crippen LogP contribution in [-0.2, 0) is 13.0 Å². The van der Waals surface area contributed by atoms with Gasteiger partial charge in [-0.3, -0.25) is 9.88 Å². The number of hydrogen-bond donors (Lipinski definition) is 1. The van der Waals surface area contributed by atoms with Gasteiger partial charge in [0.25, 0.3) is 0 Å².